The average molecular weight is 357 g/mol. The van der Waals surface area contributed by atoms with E-state index in [9.17, 15) is 19.5 Å². The molecule has 1 amide bonds. The SMILES string of the molecule is COc1cc(CC(NC(C)=O)C(=O)O)ccc1OC(=O)c1ccccc1. The number of hydrogen-bond donors (Lipinski definition) is 2. The Balaban J connectivity index is 2.17. The monoisotopic (exact) mass is 357 g/mol. The lowest BCUT2D eigenvalue weighted by molar-refractivity contribution is -0.141. The lowest BCUT2D eigenvalue weighted by Gasteiger charge is -2.15. The number of benzene rings is 2. The molecule has 1 unspecified atom stereocenters. The molecule has 0 saturated carbocycles. The predicted octanol–water partition coefficient (Wildman–Crippen LogP) is 2.05. The number of hydrogen-bond acceptors (Lipinski definition) is 5. The Morgan fingerprint density at radius 3 is 2.35 bits per heavy atom. The zero-order valence-corrected chi connectivity index (χ0v) is 14.4. The van der Waals surface area contributed by atoms with Crippen LogP contribution in [-0.4, -0.2) is 36.1 Å². The van der Waals surface area contributed by atoms with Crippen LogP contribution in [0.5, 0.6) is 11.5 Å². The summed E-state index contributed by atoms with van der Waals surface area (Å²) in [4.78, 5) is 34.5. The summed E-state index contributed by atoms with van der Waals surface area (Å²) in [5, 5.41) is 11.6. The molecule has 0 bridgehead atoms. The van der Waals surface area contributed by atoms with Crippen molar-refractivity contribution in [3.05, 3.63) is 59.7 Å². The Labute approximate surface area is 150 Å². The Hall–Kier alpha value is -3.35. The van der Waals surface area contributed by atoms with Crippen molar-refractivity contribution in [3.63, 3.8) is 0 Å². The zero-order chi connectivity index (χ0) is 19.1. The minimum atomic E-state index is -1.14. The number of rotatable bonds is 7. The maximum atomic E-state index is 12.2. The highest BCUT2D eigenvalue weighted by Crippen LogP contribution is 2.29. The van der Waals surface area contributed by atoms with Crippen LogP contribution in [-0.2, 0) is 16.0 Å². The first-order valence-electron chi connectivity index (χ1n) is 7.84. The van der Waals surface area contributed by atoms with Gasteiger partial charge in [0.1, 0.15) is 6.04 Å². The molecule has 2 N–H and O–H groups in total. The van der Waals surface area contributed by atoms with Gasteiger partial charge < -0.3 is 19.9 Å². The van der Waals surface area contributed by atoms with E-state index < -0.39 is 23.9 Å². The second kappa shape index (κ2) is 8.66. The minimum Gasteiger partial charge on any atom is -0.493 e. The summed E-state index contributed by atoms with van der Waals surface area (Å²) in [5.74, 6) is -1.59. The van der Waals surface area contributed by atoms with E-state index in [2.05, 4.69) is 5.32 Å². The Morgan fingerprint density at radius 1 is 1.08 bits per heavy atom. The van der Waals surface area contributed by atoms with Crippen molar-refractivity contribution in [1.29, 1.82) is 0 Å². The number of nitrogens with one attached hydrogen (secondary N) is 1. The van der Waals surface area contributed by atoms with Gasteiger partial charge in [0.15, 0.2) is 11.5 Å². The molecular weight excluding hydrogens is 338 g/mol. The molecule has 2 aromatic rings. The van der Waals surface area contributed by atoms with Crippen LogP contribution >= 0.6 is 0 Å². The van der Waals surface area contributed by atoms with Gasteiger partial charge in [0.05, 0.1) is 12.7 Å². The number of amides is 1. The third-order valence-corrected chi connectivity index (χ3v) is 3.56. The first-order chi connectivity index (χ1) is 12.4. The van der Waals surface area contributed by atoms with Crippen molar-refractivity contribution < 1.29 is 29.0 Å². The molecular formula is C19H19NO6. The highest BCUT2D eigenvalue weighted by Gasteiger charge is 2.20. The van der Waals surface area contributed by atoms with Gasteiger partial charge in [0.25, 0.3) is 0 Å². The summed E-state index contributed by atoms with van der Waals surface area (Å²) in [6, 6.07) is 12.2. The fourth-order valence-corrected chi connectivity index (χ4v) is 2.34. The number of carboxylic acid groups (broad SMARTS) is 1. The van der Waals surface area contributed by atoms with E-state index in [0.717, 1.165) is 0 Å². The smallest absolute Gasteiger partial charge is 0.343 e. The number of carbonyl (C=O) groups excluding carboxylic acids is 2. The highest BCUT2D eigenvalue weighted by atomic mass is 16.6. The van der Waals surface area contributed by atoms with E-state index in [1.165, 1.54) is 20.1 Å². The molecule has 0 saturated heterocycles. The molecule has 0 aliphatic carbocycles. The van der Waals surface area contributed by atoms with Crippen molar-refractivity contribution in [2.24, 2.45) is 0 Å². The van der Waals surface area contributed by atoms with Gasteiger partial charge in [-0.05, 0) is 29.8 Å². The fraction of sp³-hybridized carbons (Fsp3) is 0.211. The van der Waals surface area contributed by atoms with Crippen molar-refractivity contribution in [2.45, 2.75) is 19.4 Å². The first kappa shape index (κ1) is 19.0. The first-order valence-corrected chi connectivity index (χ1v) is 7.84. The van der Waals surface area contributed by atoms with Crippen molar-refractivity contribution in [3.8, 4) is 11.5 Å². The van der Waals surface area contributed by atoms with E-state index in [4.69, 9.17) is 9.47 Å². The Morgan fingerprint density at radius 2 is 1.77 bits per heavy atom. The molecule has 7 heteroatoms. The number of methoxy groups -OCH3 is 1. The lowest BCUT2D eigenvalue weighted by atomic mass is 10.1. The summed E-state index contributed by atoms with van der Waals surface area (Å²) in [7, 11) is 1.42. The largest absolute Gasteiger partial charge is 0.493 e. The molecule has 0 aromatic heterocycles. The number of ether oxygens (including phenoxy) is 2. The standard InChI is InChI=1S/C19H19NO6/c1-12(21)20-15(18(22)23)10-13-8-9-16(17(11-13)25-2)26-19(24)14-6-4-3-5-7-14/h3-9,11,15H,10H2,1-2H3,(H,20,21)(H,22,23). The Bertz CT molecular complexity index is 803. The van der Waals surface area contributed by atoms with Crippen molar-refractivity contribution in [2.75, 3.05) is 7.11 Å². The normalized spacial score (nSPS) is 11.3. The Kier molecular flexibility index (Phi) is 6.32. The van der Waals surface area contributed by atoms with Crippen LogP contribution in [0.1, 0.15) is 22.8 Å². The molecule has 0 radical (unpaired) electrons. The van der Waals surface area contributed by atoms with Gasteiger partial charge in [-0.1, -0.05) is 24.3 Å². The topological polar surface area (TPSA) is 102 Å². The van der Waals surface area contributed by atoms with Crippen LogP contribution in [0.2, 0.25) is 0 Å². The van der Waals surface area contributed by atoms with Crippen LogP contribution in [0, 0.1) is 0 Å². The second-order valence-electron chi connectivity index (χ2n) is 5.54. The summed E-state index contributed by atoms with van der Waals surface area (Å²) in [6.45, 7) is 1.25. The van der Waals surface area contributed by atoms with E-state index in [1.807, 2.05) is 0 Å². The highest BCUT2D eigenvalue weighted by molar-refractivity contribution is 5.91. The molecule has 0 aliphatic heterocycles. The maximum Gasteiger partial charge on any atom is 0.343 e. The molecule has 2 rings (SSSR count). The fourth-order valence-electron chi connectivity index (χ4n) is 2.34. The summed E-state index contributed by atoms with van der Waals surface area (Å²) < 4.78 is 10.6. The third kappa shape index (κ3) is 5.07. The summed E-state index contributed by atoms with van der Waals surface area (Å²) in [6.07, 6.45) is 0.0676. The molecule has 0 spiro atoms. The van der Waals surface area contributed by atoms with E-state index >= 15 is 0 Å². The zero-order valence-electron chi connectivity index (χ0n) is 14.4. The second-order valence-corrected chi connectivity index (χ2v) is 5.54. The summed E-state index contributed by atoms with van der Waals surface area (Å²) >= 11 is 0. The molecule has 26 heavy (non-hydrogen) atoms. The van der Waals surface area contributed by atoms with Gasteiger partial charge in [-0.15, -0.1) is 0 Å². The van der Waals surface area contributed by atoms with Gasteiger partial charge in [0.2, 0.25) is 5.91 Å². The molecule has 1 atom stereocenters. The predicted molar refractivity (Wildman–Crippen MR) is 93.3 cm³/mol. The molecule has 2 aromatic carbocycles. The third-order valence-electron chi connectivity index (χ3n) is 3.56. The quantitative estimate of drug-likeness (QED) is 0.581. The number of carbonyl (C=O) groups is 3. The van der Waals surface area contributed by atoms with Gasteiger partial charge in [0, 0.05) is 13.3 Å². The molecule has 0 heterocycles. The molecule has 0 aliphatic rings. The molecule has 0 fully saturated rings. The van der Waals surface area contributed by atoms with Gasteiger partial charge in [-0.25, -0.2) is 9.59 Å². The van der Waals surface area contributed by atoms with E-state index in [-0.39, 0.29) is 12.2 Å². The van der Waals surface area contributed by atoms with Gasteiger partial charge in [-0.3, -0.25) is 4.79 Å². The maximum absolute atomic E-state index is 12.2. The van der Waals surface area contributed by atoms with E-state index in [1.54, 1.807) is 42.5 Å². The van der Waals surface area contributed by atoms with E-state index in [0.29, 0.717) is 16.9 Å². The van der Waals surface area contributed by atoms with Crippen molar-refractivity contribution in [1.82, 2.24) is 5.32 Å². The minimum absolute atomic E-state index is 0.0676. The summed E-state index contributed by atoms with van der Waals surface area (Å²) in [5.41, 5.74) is 1.01. The van der Waals surface area contributed by atoms with Crippen LogP contribution in [0.3, 0.4) is 0 Å². The van der Waals surface area contributed by atoms with Crippen LogP contribution in [0.25, 0.3) is 0 Å². The molecule has 7 nitrogen and oxygen atoms in total. The number of esters is 1. The van der Waals surface area contributed by atoms with Crippen molar-refractivity contribution >= 4 is 17.8 Å². The lowest BCUT2D eigenvalue weighted by Crippen LogP contribution is -2.41. The van der Waals surface area contributed by atoms with Crippen LogP contribution in [0.15, 0.2) is 48.5 Å². The average Bonchev–Trinajstić information content (AvgIpc) is 2.62. The van der Waals surface area contributed by atoms with Gasteiger partial charge in [-0.2, -0.15) is 0 Å². The van der Waals surface area contributed by atoms with Crippen LogP contribution < -0.4 is 14.8 Å². The number of aliphatic carboxylic acids is 1. The number of carboxylic acids is 1. The van der Waals surface area contributed by atoms with Crippen LogP contribution in [0.4, 0.5) is 0 Å². The molecule has 136 valence electrons. The van der Waals surface area contributed by atoms with Gasteiger partial charge >= 0.3 is 11.9 Å².